The predicted molar refractivity (Wildman–Crippen MR) is 91.9 cm³/mol. The molecule has 0 saturated carbocycles. The summed E-state index contributed by atoms with van der Waals surface area (Å²) >= 11 is 0. The van der Waals surface area contributed by atoms with Crippen molar-refractivity contribution in [2.45, 2.75) is 12.6 Å². The largest absolute Gasteiger partial charge is 0.389 e. The van der Waals surface area contributed by atoms with Gasteiger partial charge in [-0.2, -0.15) is 5.10 Å². The molecule has 0 aliphatic rings. The Morgan fingerprint density at radius 2 is 2.08 bits per heavy atom. The molecule has 0 radical (unpaired) electrons. The quantitative estimate of drug-likeness (QED) is 0.494. The Hall–Kier alpha value is -3.13. The third kappa shape index (κ3) is 4.45. The Kier molecular flexibility index (Phi) is 5.10. The molecule has 1 atom stereocenters. The standard InChI is InChI=1S/C17H19N5O3/c23-13(11-22-7-3-6-20-22)9-18-16(24)10-19-17(25)15-8-12-4-1-2-5-14(12)21-15/h1-8,13,21,23H,9-11H2,(H,18,24)(H,19,25). The van der Waals surface area contributed by atoms with Gasteiger partial charge >= 0.3 is 0 Å². The first kappa shape index (κ1) is 16.7. The summed E-state index contributed by atoms with van der Waals surface area (Å²) in [7, 11) is 0. The summed E-state index contributed by atoms with van der Waals surface area (Å²) in [6.45, 7) is 0.207. The maximum absolute atomic E-state index is 12.1. The first-order valence-corrected chi connectivity index (χ1v) is 7.90. The fourth-order valence-electron chi connectivity index (χ4n) is 2.43. The predicted octanol–water partition coefficient (Wildman–Crippen LogP) is 0.271. The number of aliphatic hydroxyl groups excluding tert-OH is 1. The maximum Gasteiger partial charge on any atom is 0.268 e. The minimum absolute atomic E-state index is 0.0843. The molecule has 1 aromatic carbocycles. The van der Waals surface area contributed by atoms with Crippen LogP contribution in [0.4, 0.5) is 0 Å². The average Bonchev–Trinajstić information content (AvgIpc) is 3.26. The van der Waals surface area contributed by atoms with E-state index in [0.717, 1.165) is 10.9 Å². The number of carbonyl (C=O) groups is 2. The lowest BCUT2D eigenvalue weighted by Crippen LogP contribution is -2.41. The van der Waals surface area contributed by atoms with Crippen molar-refractivity contribution >= 4 is 22.7 Å². The summed E-state index contributed by atoms with van der Waals surface area (Å²) in [6.07, 6.45) is 2.59. The zero-order valence-electron chi connectivity index (χ0n) is 13.5. The Bertz CT molecular complexity index is 823. The number of fused-ring (bicyclic) bond motifs is 1. The highest BCUT2D eigenvalue weighted by molar-refractivity contribution is 5.99. The zero-order chi connectivity index (χ0) is 17.6. The van der Waals surface area contributed by atoms with E-state index in [2.05, 4.69) is 20.7 Å². The van der Waals surface area contributed by atoms with Crippen molar-refractivity contribution < 1.29 is 14.7 Å². The van der Waals surface area contributed by atoms with Crippen LogP contribution >= 0.6 is 0 Å². The monoisotopic (exact) mass is 341 g/mol. The number of hydrogen-bond acceptors (Lipinski definition) is 4. The van der Waals surface area contributed by atoms with Gasteiger partial charge < -0.3 is 20.7 Å². The number of aromatic nitrogens is 3. The van der Waals surface area contributed by atoms with Crippen LogP contribution in [0.25, 0.3) is 10.9 Å². The number of benzene rings is 1. The number of amides is 2. The van der Waals surface area contributed by atoms with Gasteiger partial charge in [0, 0.05) is 29.8 Å². The van der Waals surface area contributed by atoms with Gasteiger partial charge in [0.2, 0.25) is 5.91 Å². The molecule has 0 aliphatic carbocycles. The van der Waals surface area contributed by atoms with Gasteiger partial charge in [-0.15, -0.1) is 0 Å². The van der Waals surface area contributed by atoms with E-state index in [-0.39, 0.29) is 31.4 Å². The summed E-state index contributed by atoms with van der Waals surface area (Å²) in [4.78, 5) is 26.9. The Labute approximate surface area is 143 Å². The van der Waals surface area contributed by atoms with Gasteiger partial charge in [-0.3, -0.25) is 14.3 Å². The molecule has 0 fully saturated rings. The Balaban J connectivity index is 1.43. The molecule has 3 rings (SSSR count). The summed E-state index contributed by atoms with van der Waals surface area (Å²) in [5.74, 6) is -0.729. The number of aliphatic hydroxyl groups is 1. The number of aromatic amines is 1. The number of rotatable bonds is 7. The molecule has 0 aliphatic heterocycles. The van der Waals surface area contributed by atoms with Crippen molar-refractivity contribution in [3.63, 3.8) is 0 Å². The summed E-state index contributed by atoms with van der Waals surface area (Å²) < 4.78 is 1.58. The summed E-state index contributed by atoms with van der Waals surface area (Å²) in [5.41, 5.74) is 1.26. The normalized spacial score (nSPS) is 12.0. The Morgan fingerprint density at radius 1 is 1.24 bits per heavy atom. The van der Waals surface area contributed by atoms with Gasteiger partial charge in [0.15, 0.2) is 0 Å². The van der Waals surface area contributed by atoms with Crippen molar-refractivity contribution in [3.8, 4) is 0 Å². The average molecular weight is 341 g/mol. The molecule has 4 N–H and O–H groups in total. The van der Waals surface area contributed by atoms with Crippen LogP contribution in [0.5, 0.6) is 0 Å². The Morgan fingerprint density at radius 3 is 2.84 bits per heavy atom. The second kappa shape index (κ2) is 7.63. The molecular formula is C17H19N5O3. The number of carbonyl (C=O) groups excluding carboxylic acids is 2. The minimum Gasteiger partial charge on any atom is -0.389 e. The SMILES string of the molecule is O=C(CNC(=O)c1cc2ccccc2[nH]1)NCC(O)Cn1cccn1. The lowest BCUT2D eigenvalue weighted by Gasteiger charge is -2.12. The fourth-order valence-corrected chi connectivity index (χ4v) is 2.43. The topological polar surface area (TPSA) is 112 Å². The van der Waals surface area contributed by atoms with Crippen LogP contribution in [0.3, 0.4) is 0 Å². The van der Waals surface area contributed by atoms with E-state index in [1.807, 2.05) is 24.3 Å². The summed E-state index contributed by atoms with van der Waals surface area (Å²) in [6, 6.07) is 11.0. The molecule has 25 heavy (non-hydrogen) atoms. The molecule has 130 valence electrons. The van der Waals surface area contributed by atoms with Crippen LogP contribution in [0, 0.1) is 0 Å². The molecule has 2 aromatic heterocycles. The third-order valence-electron chi connectivity index (χ3n) is 3.68. The highest BCUT2D eigenvalue weighted by atomic mass is 16.3. The molecule has 0 saturated heterocycles. The number of nitrogens with one attached hydrogen (secondary N) is 3. The van der Waals surface area contributed by atoms with Crippen LogP contribution < -0.4 is 10.6 Å². The number of H-pyrrole nitrogens is 1. The molecule has 2 heterocycles. The molecule has 3 aromatic rings. The molecule has 8 nitrogen and oxygen atoms in total. The van der Waals surface area contributed by atoms with Gasteiger partial charge in [0.05, 0.1) is 19.2 Å². The maximum atomic E-state index is 12.1. The van der Waals surface area contributed by atoms with E-state index in [1.54, 1.807) is 29.2 Å². The van der Waals surface area contributed by atoms with Crippen molar-refractivity contribution in [3.05, 3.63) is 54.5 Å². The molecule has 0 spiro atoms. The molecule has 0 bridgehead atoms. The van der Waals surface area contributed by atoms with Crippen LogP contribution in [-0.4, -0.2) is 50.9 Å². The molecule has 1 unspecified atom stereocenters. The highest BCUT2D eigenvalue weighted by Gasteiger charge is 2.12. The first-order chi connectivity index (χ1) is 12.1. The smallest absolute Gasteiger partial charge is 0.268 e. The van der Waals surface area contributed by atoms with Gasteiger partial charge in [0.25, 0.3) is 5.91 Å². The molecule has 8 heteroatoms. The van der Waals surface area contributed by atoms with Crippen LogP contribution in [0.1, 0.15) is 10.5 Å². The van der Waals surface area contributed by atoms with E-state index in [9.17, 15) is 14.7 Å². The zero-order valence-corrected chi connectivity index (χ0v) is 13.5. The van der Waals surface area contributed by atoms with E-state index in [0.29, 0.717) is 5.69 Å². The highest BCUT2D eigenvalue weighted by Crippen LogP contribution is 2.14. The van der Waals surface area contributed by atoms with E-state index < -0.39 is 6.10 Å². The molecule has 2 amide bonds. The second-order valence-corrected chi connectivity index (χ2v) is 5.64. The number of para-hydroxylation sites is 1. The van der Waals surface area contributed by atoms with E-state index in [1.165, 1.54) is 0 Å². The van der Waals surface area contributed by atoms with Crippen molar-refractivity contribution in [1.29, 1.82) is 0 Å². The van der Waals surface area contributed by atoms with E-state index in [4.69, 9.17) is 0 Å². The lowest BCUT2D eigenvalue weighted by atomic mass is 10.2. The van der Waals surface area contributed by atoms with Crippen LogP contribution in [0.2, 0.25) is 0 Å². The first-order valence-electron chi connectivity index (χ1n) is 7.90. The van der Waals surface area contributed by atoms with Gasteiger partial charge in [-0.05, 0) is 18.2 Å². The van der Waals surface area contributed by atoms with Gasteiger partial charge in [-0.1, -0.05) is 18.2 Å². The van der Waals surface area contributed by atoms with Crippen molar-refractivity contribution in [2.24, 2.45) is 0 Å². The van der Waals surface area contributed by atoms with Gasteiger partial charge in [-0.25, -0.2) is 0 Å². The minimum atomic E-state index is -0.756. The number of hydrogen-bond donors (Lipinski definition) is 4. The van der Waals surface area contributed by atoms with Crippen molar-refractivity contribution in [2.75, 3.05) is 13.1 Å². The van der Waals surface area contributed by atoms with E-state index >= 15 is 0 Å². The molecular weight excluding hydrogens is 322 g/mol. The lowest BCUT2D eigenvalue weighted by molar-refractivity contribution is -0.120. The van der Waals surface area contributed by atoms with Crippen LogP contribution in [-0.2, 0) is 11.3 Å². The van der Waals surface area contributed by atoms with Crippen molar-refractivity contribution in [1.82, 2.24) is 25.4 Å². The number of nitrogens with zero attached hydrogens (tertiary/aromatic N) is 2. The third-order valence-corrected chi connectivity index (χ3v) is 3.68. The van der Waals surface area contributed by atoms with Gasteiger partial charge in [0.1, 0.15) is 5.69 Å². The van der Waals surface area contributed by atoms with Crippen LogP contribution in [0.15, 0.2) is 48.8 Å². The second-order valence-electron chi connectivity index (χ2n) is 5.64. The summed E-state index contributed by atoms with van der Waals surface area (Å²) in [5, 5.41) is 19.9. The fraction of sp³-hybridized carbons (Fsp3) is 0.235.